The van der Waals surface area contributed by atoms with Crippen LogP contribution in [0.3, 0.4) is 0 Å². The highest BCUT2D eigenvalue weighted by atomic mass is 15.4. The van der Waals surface area contributed by atoms with Crippen molar-refractivity contribution < 1.29 is 0 Å². The largest absolute Gasteiger partial charge is 0.344 e. The number of rotatable bonds is 11. The molecule has 6 heteroatoms. The average Bonchev–Trinajstić information content (AvgIpc) is 2.54. The Kier molecular flexibility index (Phi) is 8.66. The molecule has 0 radical (unpaired) electrons. The fourth-order valence-corrected chi connectivity index (χ4v) is 2.55. The maximum atomic E-state index is 4.73. The number of nitrogens with zero attached hydrogens (tertiary/aromatic N) is 6. The van der Waals surface area contributed by atoms with Crippen LogP contribution in [-0.4, -0.2) is 55.2 Å². The molecule has 0 aliphatic heterocycles. The van der Waals surface area contributed by atoms with Gasteiger partial charge in [-0.2, -0.15) is 15.0 Å². The minimum atomic E-state index is 0.770. The first kappa shape index (κ1) is 19.5. The molecule has 23 heavy (non-hydrogen) atoms. The summed E-state index contributed by atoms with van der Waals surface area (Å²) >= 11 is 0. The Balaban J connectivity index is 3.20. The summed E-state index contributed by atoms with van der Waals surface area (Å²) in [5.74, 6) is 2.35. The standard InChI is InChI=1S/C17H34N6/c1-7-11-21(5)15-18-16(22(6)12-8-2)20-17(19-15)23(13-9-3)14-10-4/h7-14H2,1-6H3. The van der Waals surface area contributed by atoms with Crippen molar-refractivity contribution >= 4 is 17.8 Å². The lowest BCUT2D eigenvalue weighted by Gasteiger charge is -2.26. The monoisotopic (exact) mass is 322 g/mol. The van der Waals surface area contributed by atoms with Crippen LogP contribution in [0, 0.1) is 0 Å². The van der Waals surface area contributed by atoms with Crippen LogP contribution >= 0.6 is 0 Å². The van der Waals surface area contributed by atoms with Crippen molar-refractivity contribution in [2.75, 3.05) is 55.0 Å². The van der Waals surface area contributed by atoms with Crippen LogP contribution in [0.4, 0.5) is 17.8 Å². The molecular formula is C17H34N6. The van der Waals surface area contributed by atoms with Gasteiger partial charge in [-0.25, -0.2) is 0 Å². The third kappa shape index (κ3) is 5.84. The lowest BCUT2D eigenvalue weighted by molar-refractivity contribution is 0.706. The summed E-state index contributed by atoms with van der Waals surface area (Å²) in [6.45, 7) is 12.6. The molecule has 1 aromatic heterocycles. The van der Waals surface area contributed by atoms with Crippen molar-refractivity contribution in [1.82, 2.24) is 15.0 Å². The second-order valence-electron chi connectivity index (χ2n) is 6.07. The zero-order valence-electron chi connectivity index (χ0n) is 15.8. The van der Waals surface area contributed by atoms with Crippen molar-refractivity contribution in [3.8, 4) is 0 Å². The highest BCUT2D eigenvalue weighted by Crippen LogP contribution is 2.19. The van der Waals surface area contributed by atoms with Crippen LogP contribution in [0.2, 0.25) is 0 Å². The third-order valence-corrected chi connectivity index (χ3v) is 3.67. The fraction of sp³-hybridized carbons (Fsp3) is 0.824. The van der Waals surface area contributed by atoms with E-state index in [1.165, 1.54) is 0 Å². The molecule has 0 bridgehead atoms. The molecule has 1 rings (SSSR count). The van der Waals surface area contributed by atoms with Gasteiger partial charge in [0.05, 0.1) is 0 Å². The molecule has 0 saturated heterocycles. The molecule has 6 nitrogen and oxygen atoms in total. The minimum absolute atomic E-state index is 0.770. The zero-order chi connectivity index (χ0) is 17.2. The van der Waals surface area contributed by atoms with Gasteiger partial charge in [-0.3, -0.25) is 0 Å². The molecule has 0 aliphatic carbocycles. The van der Waals surface area contributed by atoms with E-state index < -0.39 is 0 Å². The molecule has 0 N–H and O–H groups in total. The van der Waals surface area contributed by atoms with Crippen LogP contribution in [0.1, 0.15) is 53.4 Å². The van der Waals surface area contributed by atoms with Gasteiger partial charge >= 0.3 is 0 Å². The SMILES string of the molecule is CCCN(C)c1nc(N(C)CCC)nc(N(CCC)CCC)n1. The fourth-order valence-electron chi connectivity index (χ4n) is 2.55. The van der Waals surface area contributed by atoms with Gasteiger partial charge in [-0.1, -0.05) is 27.7 Å². The van der Waals surface area contributed by atoms with Gasteiger partial charge in [0, 0.05) is 40.3 Å². The first-order valence-electron chi connectivity index (χ1n) is 9.00. The highest BCUT2D eigenvalue weighted by Gasteiger charge is 2.16. The molecule has 0 aromatic carbocycles. The Morgan fingerprint density at radius 2 is 0.913 bits per heavy atom. The smallest absolute Gasteiger partial charge is 0.231 e. The van der Waals surface area contributed by atoms with Crippen molar-refractivity contribution in [3.63, 3.8) is 0 Å². The number of aromatic nitrogens is 3. The van der Waals surface area contributed by atoms with Gasteiger partial charge in [0.1, 0.15) is 0 Å². The van der Waals surface area contributed by atoms with E-state index in [2.05, 4.69) is 61.5 Å². The third-order valence-electron chi connectivity index (χ3n) is 3.67. The molecule has 0 atom stereocenters. The van der Waals surface area contributed by atoms with E-state index in [0.717, 1.165) is 69.7 Å². The summed E-state index contributed by atoms with van der Waals surface area (Å²) in [4.78, 5) is 20.6. The summed E-state index contributed by atoms with van der Waals surface area (Å²) < 4.78 is 0. The van der Waals surface area contributed by atoms with Crippen molar-refractivity contribution in [3.05, 3.63) is 0 Å². The quantitative estimate of drug-likeness (QED) is 0.623. The van der Waals surface area contributed by atoms with Crippen LogP contribution in [-0.2, 0) is 0 Å². The van der Waals surface area contributed by atoms with E-state index in [9.17, 15) is 0 Å². The summed E-state index contributed by atoms with van der Waals surface area (Å²) in [6, 6.07) is 0. The van der Waals surface area contributed by atoms with E-state index >= 15 is 0 Å². The predicted molar refractivity (Wildman–Crippen MR) is 99.7 cm³/mol. The van der Waals surface area contributed by atoms with E-state index in [0.29, 0.717) is 0 Å². The highest BCUT2D eigenvalue weighted by molar-refractivity contribution is 5.45. The molecule has 0 aliphatic rings. The second kappa shape index (κ2) is 10.2. The Labute approximate surface area is 141 Å². The van der Waals surface area contributed by atoms with E-state index in [4.69, 9.17) is 9.97 Å². The van der Waals surface area contributed by atoms with Gasteiger partial charge in [0.2, 0.25) is 17.8 Å². The molecule has 0 saturated carbocycles. The normalized spacial score (nSPS) is 10.7. The zero-order valence-corrected chi connectivity index (χ0v) is 15.8. The Bertz CT molecular complexity index is 414. The van der Waals surface area contributed by atoms with E-state index in [1.807, 2.05) is 0 Å². The van der Waals surface area contributed by atoms with Crippen molar-refractivity contribution in [2.45, 2.75) is 53.4 Å². The summed E-state index contributed by atoms with van der Waals surface area (Å²) in [7, 11) is 4.10. The lowest BCUT2D eigenvalue weighted by atomic mass is 10.4. The Hall–Kier alpha value is -1.59. The topological polar surface area (TPSA) is 48.4 Å². The molecule has 0 amide bonds. The summed E-state index contributed by atoms with van der Waals surface area (Å²) in [6.07, 6.45) is 4.33. The van der Waals surface area contributed by atoms with Crippen LogP contribution in [0.15, 0.2) is 0 Å². The molecule has 0 unspecified atom stereocenters. The minimum Gasteiger partial charge on any atom is -0.344 e. The first-order valence-corrected chi connectivity index (χ1v) is 9.00. The van der Waals surface area contributed by atoms with Gasteiger partial charge in [0.15, 0.2) is 0 Å². The molecule has 1 heterocycles. The molecule has 0 spiro atoms. The first-order chi connectivity index (χ1) is 11.1. The molecule has 1 aromatic rings. The van der Waals surface area contributed by atoms with Gasteiger partial charge < -0.3 is 14.7 Å². The Morgan fingerprint density at radius 3 is 1.26 bits per heavy atom. The van der Waals surface area contributed by atoms with E-state index in [-0.39, 0.29) is 0 Å². The molecule has 132 valence electrons. The van der Waals surface area contributed by atoms with Crippen LogP contribution in [0.25, 0.3) is 0 Å². The summed E-state index contributed by atoms with van der Waals surface area (Å²) in [5, 5.41) is 0. The van der Waals surface area contributed by atoms with Gasteiger partial charge in [-0.15, -0.1) is 0 Å². The second-order valence-corrected chi connectivity index (χ2v) is 6.07. The van der Waals surface area contributed by atoms with Crippen molar-refractivity contribution in [2.24, 2.45) is 0 Å². The maximum absolute atomic E-state index is 4.73. The lowest BCUT2D eigenvalue weighted by Crippen LogP contribution is -2.31. The van der Waals surface area contributed by atoms with Gasteiger partial charge in [0.25, 0.3) is 0 Å². The number of anilines is 3. The van der Waals surface area contributed by atoms with Crippen molar-refractivity contribution in [1.29, 1.82) is 0 Å². The molecular weight excluding hydrogens is 288 g/mol. The average molecular weight is 323 g/mol. The van der Waals surface area contributed by atoms with Crippen LogP contribution in [0.5, 0.6) is 0 Å². The van der Waals surface area contributed by atoms with E-state index in [1.54, 1.807) is 0 Å². The van der Waals surface area contributed by atoms with Crippen LogP contribution < -0.4 is 14.7 Å². The maximum Gasteiger partial charge on any atom is 0.231 e. The number of hydrogen-bond donors (Lipinski definition) is 0. The predicted octanol–water partition coefficient (Wildman–Crippen LogP) is 3.19. The number of hydrogen-bond acceptors (Lipinski definition) is 6. The van der Waals surface area contributed by atoms with Gasteiger partial charge in [-0.05, 0) is 25.7 Å². The summed E-state index contributed by atoms with van der Waals surface area (Å²) in [5.41, 5.74) is 0. The Morgan fingerprint density at radius 1 is 0.565 bits per heavy atom. The molecule has 0 fully saturated rings.